The van der Waals surface area contributed by atoms with Crippen LogP contribution in [-0.2, 0) is 4.79 Å². The second-order valence-electron chi connectivity index (χ2n) is 6.97. The van der Waals surface area contributed by atoms with Crippen LogP contribution in [0.2, 0.25) is 0 Å². The number of hydrogen-bond acceptors (Lipinski definition) is 5. The van der Waals surface area contributed by atoms with Crippen molar-refractivity contribution in [3.05, 3.63) is 54.1 Å². The molecule has 1 atom stereocenters. The van der Waals surface area contributed by atoms with Gasteiger partial charge in [-0.15, -0.1) is 0 Å². The summed E-state index contributed by atoms with van der Waals surface area (Å²) in [5.74, 6) is 1.51. The maximum atomic E-state index is 12.6. The summed E-state index contributed by atoms with van der Waals surface area (Å²) < 4.78 is 16.1. The number of hydrogen-bond donors (Lipinski definition) is 2. The molecule has 7 heteroatoms. The van der Waals surface area contributed by atoms with Crippen LogP contribution in [0.4, 0.5) is 0 Å². The molecule has 0 saturated heterocycles. The number of benzene rings is 2. The molecule has 0 aliphatic carbocycles. The van der Waals surface area contributed by atoms with Crippen molar-refractivity contribution in [2.24, 2.45) is 5.92 Å². The maximum Gasteiger partial charge on any atom is 0.251 e. The summed E-state index contributed by atoms with van der Waals surface area (Å²) in [5.41, 5.74) is 0.472. The number of amides is 2. The van der Waals surface area contributed by atoms with Gasteiger partial charge in [0.15, 0.2) is 0 Å². The van der Waals surface area contributed by atoms with E-state index >= 15 is 0 Å². The summed E-state index contributed by atoms with van der Waals surface area (Å²) >= 11 is 0. The van der Waals surface area contributed by atoms with Gasteiger partial charge in [-0.3, -0.25) is 9.59 Å². The molecular formula is C23H30N2O5. The van der Waals surface area contributed by atoms with Gasteiger partial charge in [0.05, 0.1) is 20.3 Å². The van der Waals surface area contributed by atoms with Gasteiger partial charge in [0.25, 0.3) is 5.91 Å². The Kier molecular flexibility index (Phi) is 9.00. The van der Waals surface area contributed by atoms with Gasteiger partial charge in [0, 0.05) is 5.56 Å². The average molecular weight is 415 g/mol. The SMILES string of the molecule is CCOc1ccc(C(=O)NC(C(=O)NCCOc2ccc(OC)cc2)C(C)C)cc1. The number of rotatable bonds is 11. The second-order valence-corrected chi connectivity index (χ2v) is 6.97. The van der Waals surface area contributed by atoms with Crippen molar-refractivity contribution >= 4 is 11.8 Å². The number of methoxy groups -OCH3 is 1. The molecule has 0 heterocycles. The molecule has 1 unspecified atom stereocenters. The van der Waals surface area contributed by atoms with Crippen molar-refractivity contribution in [1.82, 2.24) is 10.6 Å². The Balaban J connectivity index is 1.83. The van der Waals surface area contributed by atoms with Crippen LogP contribution in [0.25, 0.3) is 0 Å². The maximum absolute atomic E-state index is 12.6. The zero-order valence-electron chi connectivity index (χ0n) is 17.9. The predicted octanol–water partition coefficient (Wildman–Crippen LogP) is 3.04. The van der Waals surface area contributed by atoms with Crippen LogP contribution in [0.15, 0.2) is 48.5 Å². The van der Waals surface area contributed by atoms with Gasteiger partial charge in [-0.05, 0) is 61.4 Å². The van der Waals surface area contributed by atoms with Crippen LogP contribution in [-0.4, -0.2) is 44.7 Å². The van der Waals surface area contributed by atoms with Crippen LogP contribution in [0, 0.1) is 5.92 Å². The molecule has 0 spiro atoms. The van der Waals surface area contributed by atoms with Gasteiger partial charge in [-0.25, -0.2) is 0 Å². The highest BCUT2D eigenvalue weighted by molar-refractivity contribution is 5.97. The Bertz CT molecular complexity index is 803. The lowest BCUT2D eigenvalue weighted by molar-refractivity contribution is -0.124. The van der Waals surface area contributed by atoms with E-state index in [1.165, 1.54) is 0 Å². The monoisotopic (exact) mass is 414 g/mol. The van der Waals surface area contributed by atoms with E-state index in [2.05, 4.69) is 10.6 Å². The molecule has 30 heavy (non-hydrogen) atoms. The Labute approximate surface area is 177 Å². The van der Waals surface area contributed by atoms with E-state index in [1.54, 1.807) is 55.6 Å². The van der Waals surface area contributed by atoms with E-state index in [4.69, 9.17) is 14.2 Å². The smallest absolute Gasteiger partial charge is 0.251 e. The molecule has 0 aliphatic rings. The minimum atomic E-state index is -0.648. The van der Waals surface area contributed by atoms with Crippen LogP contribution in [0.1, 0.15) is 31.1 Å². The summed E-state index contributed by atoms with van der Waals surface area (Å²) in [7, 11) is 1.60. The van der Waals surface area contributed by atoms with Gasteiger partial charge in [0.1, 0.15) is 29.9 Å². The number of carbonyl (C=O) groups is 2. The standard InChI is InChI=1S/C23H30N2O5/c1-5-29-19-8-6-17(7-9-19)22(26)25-21(16(2)3)23(27)24-14-15-30-20-12-10-18(28-4)11-13-20/h6-13,16,21H,5,14-15H2,1-4H3,(H,24,27)(H,25,26). The van der Waals surface area contributed by atoms with Crippen LogP contribution in [0.3, 0.4) is 0 Å². The van der Waals surface area contributed by atoms with Crippen molar-refractivity contribution < 1.29 is 23.8 Å². The summed E-state index contributed by atoms with van der Waals surface area (Å²) in [4.78, 5) is 25.1. The molecule has 162 valence electrons. The lowest BCUT2D eigenvalue weighted by Gasteiger charge is -2.22. The van der Waals surface area contributed by atoms with E-state index in [-0.39, 0.29) is 17.7 Å². The number of carbonyl (C=O) groups excluding carboxylic acids is 2. The first-order valence-corrected chi connectivity index (χ1v) is 10.0. The highest BCUT2D eigenvalue weighted by Gasteiger charge is 2.24. The largest absolute Gasteiger partial charge is 0.497 e. The molecule has 0 bridgehead atoms. The molecule has 0 radical (unpaired) electrons. The zero-order chi connectivity index (χ0) is 21.9. The topological polar surface area (TPSA) is 85.9 Å². The van der Waals surface area contributed by atoms with Gasteiger partial charge in [0.2, 0.25) is 5.91 Å². The predicted molar refractivity (Wildman–Crippen MR) is 115 cm³/mol. The zero-order valence-corrected chi connectivity index (χ0v) is 17.9. The van der Waals surface area contributed by atoms with Gasteiger partial charge < -0.3 is 24.8 Å². The molecular weight excluding hydrogens is 384 g/mol. The fraction of sp³-hybridized carbons (Fsp3) is 0.391. The van der Waals surface area contributed by atoms with Crippen molar-refractivity contribution in [3.63, 3.8) is 0 Å². The van der Waals surface area contributed by atoms with Gasteiger partial charge >= 0.3 is 0 Å². The highest BCUT2D eigenvalue weighted by Crippen LogP contribution is 2.16. The first-order valence-electron chi connectivity index (χ1n) is 10.0. The Morgan fingerprint density at radius 1 is 0.900 bits per heavy atom. The van der Waals surface area contributed by atoms with Crippen LogP contribution < -0.4 is 24.8 Å². The lowest BCUT2D eigenvalue weighted by Crippen LogP contribution is -2.50. The summed E-state index contributed by atoms with van der Waals surface area (Å²) in [5, 5.41) is 5.62. The fourth-order valence-electron chi connectivity index (χ4n) is 2.75. The van der Waals surface area contributed by atoms with E-state index < -0.39 is 6.04 Å². The van der Waals surface area contributed by atoms with E-state index in [0.717, 1.165) is 5.75 Å². The Hall–Kier alpha value is -3.22. The normalized spacial score (nSPS) is 11.5. The molecule has 0 aromatic heterocycles. The van der Waals surface area contributed by atoms with Crippen molar-refractivity contribution in [2.45, 2.75) is 26.8 Å². The van der Waals surface area contributed by atoms with E-state index in [0.29, 0.717) is 36.8 Å². The molecule has 2 N–H and O–H groups in total. The van der Waals surface area contributed by atoms with Gasteiger partial charge in [-0.1, -0.05) is 13.8 Å². The number of nitrogens with one attached hydrogen (secondary N) is 2. The van der Waals surface area contributed by atoms with Crippen molar-refractivity contribution in [1.29, 1.82) is 0 Å². The molecule has 0 saturated carbocycles. The summed E-state index contributed by atoms with van der Waals surface area (Å²) in [6.45, 7) is 6.87. The third kappa shape index (κ3) is 6.99. The first-order chi connectivity index (χ1) is 14.4. The van der Waals surface area contributed by atoms with Gasteiger partial charge in [-0.2, -0.15) is 0 Å². The number of ether oxygens (including phenoxy) is 3. The van der Waals surface area contributed by atoms with E-state index in [9.17, 15) is 9.59 Å². The van der Waals surface area contributed by atoms with Crippen molar-refractivity contribution in [3.8, 4) is 17.2 Å². The summed E-state index contributed by atoms with van der Waals surface area (Å²) in [6.07, 6.45) is 0. The molecule has 0 aliphatic heterocycles. The highest BCUT2D eigenvalue weighted by atomic mass is 16.5. The third-order valence-electron chi connectivity index (χ3n) is 4.39. The quantitative estimate of drug-likeness (QED) is 0.552. The lowest BCUT2D eigenvalue weighted by atomic mass is 10.0. The Morgan fingerprint density at radius 3 is 2.03 bits per heavy atom. The molecule has 2 rings (SSSR count). The molecule has 7 nitrogen and oxygen atoms in total. The fourth-order valence-corrected chi connectivity index (χ4v) is 2.75. The summed E-state index contributed by atoms with van der Waals surface area (Å²) in [6, 6.07) is 13.4. The average Bonchev–Trinajstić information content (AvgIpc) is 2.75. The minimum absolute atomic E-state index is 0.0702. The molecule has 0 fully saturated rings. The second kappa shape index (κ2) is 11.7. The third-order valence-corrected chi connectivity index (χ3v) is 4.39. The first kappa shape index (κ1) is 23.1. The molecule has 2 aromatic rings. The molecule has 2 amide bonds. The van der Waals surface area contributed by atoms with E-state index in [1.807, 2.05) is 20.8 Å². The molecule has 2 aromatic carbocycles. The van der Waals surface area contributed by atoms with Crippen molar-refractivity contribution in [2.75, 3.05) is 26.9 Å². The minimum Gasteiger partial charge on any atom is -0.497 e. The van der Waals surface area contributed by atoms with Crippen LogP contribution in [0.5, 0.6) is 17.2 Å². The van der Waals surface area contributed by atoms with Crippen LogP contribution >= 0.6 is 0 Å². The Morgan fingerprint density at radius 2 is 1.47 bits per heavy atom.